The summed E-state index contributed by atoms with van der Waals surface area (Å²) in [5.41, 5.74) is 8.25. The van der Waals surface area contributed by atoms with Gasteiger partial charge in [-0.3, -0.25) is 0 Å². The lowest BCUT2D eigenvalue weighted by molar-refractivity contribution is -0.0625. The average Bonchev–Trinajstić information content (AvgIpc) is 3.96. The Kier molecular flexibility index (Phi) is 19.8. The number of nitrogens with zero attached hydrogens (tertiary/aromatic N) is 8. The lowest BCUT2D eigenvalue weighted by Gasteiger charge is -2.54. The minimum absolute atomic E-state index is 0.103. The van der Waals surface area contributed by atoms with Gasteiger partial charge in [0.15, 0.2) is 11.6 Å². The molecule has 416 valence electrons. The number of carbonyl (C=O) groups excluding carboxylic acids is 1. The standard InChI is InChI=1S/C29H37ClN6O4.C26H34ClN5O3.C2H6/c1-18-25(24-19(2)34-40-20(24)3)32-26(22-15-21(7-8-23(22)30)39-14-6-11-31-4)33-27(18)36-16-29(17-36)9-12-35(13-10-29)28(37)38-5;1-15-23(22-16(2)32-35-17(22)3)30-25(31-24(15)29-18-13-26(4,14-18)33-6)20-12-19(8-9-21(20)27)34-11-7-10-28-5;1-2/h7-8,15,31H,6,9-14,16-17H2,1-5H3;8-9,12,18,28H,7,10-11,13-14H2,1-6H3,(H,29,30,31);1-2H3. The van der Waals surface area contributed by atoms with E-state index in [-0.39, 0.29) is 23.2 Å². The number of piperidine rings is 1. The van der Waals surface area contributed by atoms with Gasteiger partial charge in [-0.15, -0.1) is 0 Å². The molecule has 3 fully saturated rings. The van der Waals surface area contributed by atoms with Gasteiger partial charge >= 0.3 is 6.09 Å². The maximum absolute atomic E-state index is 12.0. The van der Waals surface area contributed by atoms with Crippen LogP contribution in [0.4, 0.5) is 16.4 Å². The summed E-state index contributed by atoms with van der Waals surface area (Å²) in [6, 6.07) is 11.5. The summed E-state index contributed by atoms with van der Waals surface area (Å²) in [6.07, 6.45) is 5.22. The number of benzene rings is 2. The second kappa shape index (κ2) is 26.1. The number of hydrogen-bond donors (Lipinski definition) is 3. The molecule has 3 N–H and O–H groups in total. The number of halogens is 2. The third-order valence-corrected chi connectivity index (χ3v) is 15.3. The quantitative estimate of drug-likeness (QED) is 0.0686. The highest BCUT2D eigenvalue weighted by molar-refractivity contribution is 6.33. The molecule has 6 heterocycles. The number of amides is 1. The van der Waals surface area contributed by atoms with Gasteiger partial charge in [-0.25, -0.2) is 24.7 Å². The smallest absolute Gasteiger partial charge is 0.409 e. The third-order valence-electron chi connectivity index (χ3n) is 14.6. The number of ether oxygens (including phenoxy) is 4. The van der Waals surface area contributed by atoms with Gasteiger partial charge < -0.3 is 53.7 Å². The van der Waals surface area contributed by atoms with Crippen LogP contribution in [-0.4, -0.2) is 134 Å². The predicted octanol–water partition coefficient (Wildman–Crippen LogP) is 11.4. The molecule has 0 unspecified atom stereocenters. The minimum atomic E-state index is -0.253. The fraction of sp³-hybridized carbons (Fsp3) is 0.526. The molecule has 6 aromatic rings. The molecule has 20 heteroatoms. The van der Waals surface area contributed by atoms with Gasteiger partial charge in [0.1, 0.15) is 34.7 Å². The Labute approximate surface area is 463 Å². The number of aromatic nitrogens is 6. The van der Waals surface area contributed by atoms with E-state index < -0.39 is 0 Å². The largest absolute Gasteiger partial charge is 0.494 e. The number of aryl methyl sites for hydroxylation is 4. The van der Waals surface area contributed by atoms with Crippen molar-refractivity contribution in [2.24, 2.45) is 5.41 Å². The number of carbonyl (C=O) groups is 1. The zero-order valence-electron chi connectivity index (χ0n) is 47.1. The molecule has 77 heavy (non-hydrogen) atoms. The van der Waals surface area contributed by atoms with Gasteiger partial charge in [0.25, 0.3) is 0 Å². The van der Waals surface area contributed by atoms with Gasteiger partial charge in [-0.05, 0) is 151 Å². The van der Waals surface area contributed by atoms with Gasteiger partial charge in [-0.1, -0.05) is 47.4 Å². The highest BCUT2D eigenvalue weighted by Crippen LogP contribution is 2.46. The third kappa shape index (κ3) is 13.5. The minimum Gasteiger partial charge on any atom is -0.494 e. The topological polar surface area (TPSA) is 200 Å². The van der Waals surface area contributed by atoms with Crippen LogP contribution in [0.5, 0.6) is 11.5 Å². The molecule has 3 aliphatic rings. The molecule has 1 amide bonds. The molecule has 1 saturated carbocycles. The zero-order chi connectivity index (χ0) is 55.6. The first-order valence-corrected chi connectivity index (χ1v) is 27.4. The second-order valence-electron chi connectivity index (χ2n) is 20.2. The van der Waals surface area contributed by atoms with E-state index in [1.165, 1.54) is 7.11 Å². The molecule has 1 aliphatic carbocycles. The number of anilines is 2. The van der Waals surface area contributed by atoms with Crippen LogP contribution in [0.25, 0.3) is 45.3 Å². The molecule has 2 aliphatic heterocycles. The molecule has 1 spiro atoms. The summed E-state index contributed by atoms with van der Waals surface area (Å²) in [4.78, 5) is 36.0. The lowest BCUT2D eigenvalue weighted by atomic mass is 9.72. The molecule has 0 atom stereocenters. The van der Waals surface area contributed by atoms with Crippen molar-refractivity contribution in [2.75, 3.05) is 91.0 Å². The van der Waals surface area contributed by atoms with Gasteiger partial charge in [0, 0.05) is 67.0 Å². The van der Waals surface area contributed by atoms with Crippen molar-refractivity contribution >= 4 is 40.9 Å². The normalized spacial score (nSPS) is 17.4. The zero-order valence-corrected chi connectivity index (χ0v) is 48.6. The summed E-state index contributed by atoms with van der Waals surface area (Å²) in [7, 11) is 7.04. The summed E-state index contributed by atoms with van der Waals surface area (Å²) < 4.78 is 33.4. The van der Waals surface area contributed by atoms with Crippen LogP contribution in [0.3, 0.4) is 0 Å². The van der Waals surface area contributed by atoms with Crippen LogP contribution in [0, 0.1) is 47.0 Å². The predicted molar refractivity (Wildman–Crippen MR) is 304 cm³/mol. The first-order chi connectivity index (χ1) is 37.0. The van der Waals surface area contributed by atoms with Gasteiger partial charge in [0.2, 0.25) is 0 Å². The van der Waals surface area contributed by atoms with E-state index in [1.54, 1.807) is 12.0 Å². The number of hydrogen-bond acceptors (Lipinski definition) is 17. The maximum Gasteiger partial charge on any atom is 0.409 e. The van der Waals surface area contributed by atoms with Crippen molar-refractivity contribution in [2.45, 2.75) is 112 Å². The first-order valence-electron chi connectivity index (χ1n) is 26.7. The van der Waals surface area contributed by atoms with E-state index >= 15 is 0 Å². The lowest BCUT2D eigenvalue weighted by Crippen LogP contribution is -2.61. The number of nitrogens with one attached hydrogen (secondary N) is 3. The van der Waals surface area contributed by atoms with Crippen LogP contribution < -0.4 is 30.3 Å². The van der Waals surface area contributed by atoms with Crippen LogP contribution >= 0.6 is 23.2 Å². The summed E-state index contributed by atoms with van der Waals surface area (Å²) in [5, 5.41) is 19.3. The Morgan fingerprint density at radius 1 is 0.727 bits per heavy atom. The molecule has 18 nitrogen and oxygen atoms in total. The van der Waals surface area contributed by atoms with E-state index in [9.17, 15) is 4.79 Å². The summed E-state index contributed by atoms with van der Waals surface area (Å²) in [5.74, 6) is 5.56. The van der Waals surface area contributed by atoms with E-state index in [2.05, 4.69) is 38.1 Å². The Hall–Kier alpha value is -6.05. The van der Waals surface area contributed by atoms with Crippen LogP contribution in [0.1, 0.15) is 93.3 Å². The van der Waals surface area contributed by atoms with Crippen LogP contribution in [-0.2, 0) is 9.47 Å². The highest BCUT2D eigenvalue weighted by atomic mass is 35.5. The molecule has 9 rings (SSSR count). The molecule has 2 saturated heterocycles. The summed E-state index contributed by atoms with van der Waals surface area (Å²) in [6.45, 7) is 23.9. The number of likely N-dealkylation sites (tertiary alicyclic amines) is 1. The molecular weight excluding hydrogens is 1020 g/mol. The highest BCUT2D eigenvalue weighted by Gasteiger charge is 2.47. The van der Waals surface area contributed by atoms with E-state index in [1.807, 2.05) is 106 Å². The number of rotatable bonds is 18. The first kappa shape index (κ1) is 58.6. The fourth-order valence-electron chi connectivity index (χ4n) is 10.2. The van der Waals surface area contributed by atoms with Crippen molar-refractivity contribution < 1.29 is 32.8 Å². The molecule has 4 aromatic heterocycles. The van der Waals surface area contributed by atoms with E-state index in [0.29, 0.717) is 70.6 Å². The van der Waals surface area contributed by atoms with Crippen molar-refractivity contribution in [3.05, 3.63) is 80.5 Å². The molecule has 0 bridgehead atoms. The Morgan fingerprint density at radius 3 is 1.68 bits per heavy atom. The molecular formula is C57H77Cl2N11O7. The summed E-state index contributed by atoms with van der Waals surface area (Å²) >= 11 is 13.3. The van der Waals surface area contributed by atoms with Crippen LogP contribution in [0.15, 0.2) is 45.4 Å². The van der Waals surface area contributed by atoms with E-state index in [0.717, 1.165) is 133 Å². The fourth-order valence-corrected chi connectivity index (χ4v) is 10.6. The van der Waals surface area contributed by atoms with Crippen molar-refractivity contribution in [1.29, 1.82) is 0 Å². The van der Waals surface area contributed by atoms with E-state index in [4.69, 9.17) is 71.1 Å². The molecule has 2 aromatic carbocycles. The Morgan fingerprint density at radius 2 is 1.22 bits per heavy atom. The molecule has 0 radical (unpaired) electrons. The van der Waals surface area contributed by atoms with Crippen molar-refractivity contribution in [3.8, 4) is 56.8 Å². The van der Waals surface area contributed by atoms with Crippen LogP contribution in [0.2, 0.25) is 10.0 Å². The Bertz CT molecular complexity index is 2920. The SMILES string of the molecule is CC.CNCCCOc1ccc(Cl)c(-c2nc(-c3c(C)noc3C)c(C)c(N3CC4(CCN(C(=O)OC)CC4)C3)n2)c1.CNCCCOc1ccc(Cl)c(-c2nc(NC3CC(C)(OC)C3)c(C)c(-c3c(C)noc3C)n2)c1. The average molecular weight is 1100 g/mol. The van der Waals surface area contributed by atoms with Crippen molar-refractivity contribution in [1.82, 2.24) is 45.8 Å². The van der Waals surface area contributed by atoms with Crippen molar-refractivity contribution in [3.63, 3.8) is 0 Å². The van der Waals surface area contributed by atoms with Gasteiger partial charge in [-0.2, -0.15) is 0 Å². The Balaban J connectivity index is 0.000000219. The number of methoxy groups -OCH3 is 2. The maximum atomic E-state index is 12.0. The monoisotopic (exact) mass is 1100 g/mol. The van der Waals surface area contributed by atoms with Gasteiger partial charge in [0.05, 0.1) is 69.9 Å². The second-order valence-corrected chi connectivity index (χ2v) is 21.0.